The summed E-state index contributed by atoms with van der Waals surface area (Å²) in [4.78, 5) is 20.4. The second kappa shape index (κ2) is 8.60. The molecule has 10 heteroatoms. The Bertz CT molecular complexity index is 1240. The summed E-state index contributed by atoms with van der Waals surface area (Å²) in [6, 6.07) is 9.81. The summed E-state index contributed by atoms with van der Waals surface area (Å²) in [7, 11) is -3.32. The van der Waals surface area contributed by atoms with Crippen molar-refractivity contribution >= 4 is 48.6 Å². The number of carbonyl (C=O) groups excluding carboxylic acids is 1. The predicted molar refractivity (Wildman–Crippen MR) is 123 cm³/mol. The molecule has 3 aromatic rings. The smallest absolute Gasteiger partial charge is 0.251 e. The Hall–Kier alpha value is -2.43. The third-order valence-electron chi connectivity index (χ3n) is 5.36. The van der Waals surface area contributed by atoms with E-state index < -0.39 is 16.1 Å². The fourth-order valence-corrected chi connectivity index (χ4v) is 5.81. The molecule has 2 aromatic carbocycles. The molecule has 2 heterocycles. The maximum atomic E-state index is 12.8. The summed E-state index contributed by atoms with van der Waals surface area (Å²) in [5.74, 6) is 0.217. The van der Waals surface area contributed by atoms with E-state index in [2.05, 4.69) is 31.2 Å². The Kier molecular flexibility index (Phi) is 6.05. The van der Waals surface area contributed by atoms with E-state index in [0.717, 1.165) is 21.9 Å². The van der Waals surface area contributed by atoms with Crippen LogP contribution in [0.5, 0.6) is 0 Å². The van der Waals surface area contributed by atoms with Crippen molar-refractivity contribution in [1.29, 1.82) is 0 Å². The monoisotopic (exact) mass is 506 g/mol. The number of nitrogens with one attached hydrogen (secondary N) is 2. The van der Waals surface area contributed by atoms with Crippen molar-refractivity contribution in [3.05, 3.63) is 57.8 Å². The number of anilines is 1. The Morgan fingerprint density at radius 2 is 2.10 bits per heavy atom. The molecule has 4 rings (SSSR count). The molecule has 164 valence electrons. The molecule has 0 spiro atoms. The molecule has 8 nitrogen and oxygen atoms in total. The van der Waals surface area contributed by atoms with Crippen molar-refractivity contribution in [1.82, 2.24) is 15.3 Å². The van der Waals surface area contributed by atoms with E-state index in [9.17, 15) is 18.3 Å². The average Bonchev–Trinajstić information content (AvgIpc) is 3.14. The molecule has 1 atom stereocenters. The first-order valence-corrected chi connectivity index (χ1v) is 12.4. The number of aliphatic hydroxyl groups is 1. The number of hydrogen-bond acceptors (Lipinski definition) is 5. The fourth-order valence-electron chi connectivity index (χ4n) is 3.74. The van der Waals surface area contributed by atoms with Gasteiger partial charge in [0.2, 0.25) is 10.0 Å². The highest BCUT2D eigenvalue weighted by Crippen LogP contribution is 2.28. The zero-order chi connectivity index (χ0) is 22.2. The molecule has 1 amide bonds. The molecule has 0 saturated carbocycles. The minimum atomic E-state index is -3.32. The van der Waals surface area contributed by atoms with Gasteiger partial charge in [-0.3, -0.25) is 9.10 Å². The van der Waals surface area contributed by atoms with Crippen molar-refractivity contribution in [2.24, 2.45) is 0 Å². The maximum Gasteiger partial charge on any atom is 0.251 e. The first-order valence-electron chi connectivity index (χ1n) is 9.96. The molecule has 1 aliphatic rings. The number of H-pyrrole nitrogens is 1. The molecule has 0 bridgehead atoms. The van der Waals surface area contributed by atoms with E-state index in [1.165, 1.54) is 4.31 Å². The lowest BCUT2D eigenvalue weighted by molar-refractivity contribution is 0.0913. The highest BCUT2D eigenvalue weighted by molar-refractivity contribution is 9.10. The Balaban J connectivity index is 1.55. The summed E-state index contributed by atoms with van der Waals surface area (Å²) < 4.78 is 27.1. The number of sulfonamides is 1. The molecule has 31 heavy (non-hydrogen) atoms. The number of imidazole rings is 1. The number of halogens is 1. The van der Waals surface area contributed by atoms with E-state index >= 15 is 0 Å². The van der Waals surface area contributed by atoms with Crippen LogP contribution in [0.25, 0.3) is 11.0 Å². The van der Waals surface area contributed by atoms with Gasteiger partial charge >= 0.3 is 0 Å². The van der Waals surface area contributed by atoms with Crippen LogP contribution in [0.15, 0.2) is 40.9 Å². The zero-order valence-electron chi connectivity index (χ0n) is 16.9. The van der Waals surface area contributed by atoms with Crippen molar-refractivity contribution in [2.75, 3.05) is 23.2 Å². The second-order valence-corrected chi connectivity index (χ2v) is 10.5. The molecule has 3 N–H and O–H groups in total. The summed E-state index contributed by atoms with van der Waals surface area (Å²) >= 11 is 3.41. The predicted octanol–water partition coefficient (Wildman–Crippen LogP) is 3.03. The van der Waals surface area contributed by atoms with Crippen molar-refractivity contribution in [3.8, 4) is 0 Å². The molecule has 1 unspecified atom stereocenters. The van der Waals surface area contributed by atoms with E-state index in [1.54, 1.807) is 25.1 Å². The van der Waals surface area contributed by atoms with Gasteiger partial charge in [-0.2, -0.15) is 0 Å². The molecule has 0 aliphatic carbocycles. The van der Waals surface area contributed by atoms with E-state index in [4.69, 9.17) is 0 Å². The summed E-state index contributed by atoms with van der Waals surface area (Å²) in [6.07, 6.45) is 1.48. The van der Waals surface area contributed by atoms with Crippen LogP contribution in [0, 0.1) is 6.92 Å². The van der Waals surface area contributed by atoms with Crippen LogP contribution < -0.4 is 9.62 Å². The zero-order valence-corrected chi connectivity index (χ0v) is 19.3. The second-order valence-electron chi connectivity index (χ2n) is 7.59. The first-order chi connectivity index (χ1) is 14.8. The van der Waals surface area contributed by atoms with Crippen LogP contribution in [0.3, 0.4) is 0 Å². The van der Waals surface area contributed by atoms with Gasteiger partial charge in [-0.05, 0) is 61.7 Å². The molecular weight excluding hydrogens is 484 g/mol. The van der Waals surface area contributed by atoms with Gasteiger partial charge in [-0.1, -0.05) is 15.9 Å². The third kappa shape index (κ3) is 4.46. The lowest BCUT2D eigenvalue weighted by atomic mass is 10.1. The van der Waals surface area contributed by atoms with Gasteiger partial charge in [0.1, 0.15) is 11.9 Å². The standard InChI is InChI=1S/C21H23BrN4O4S/c1-13-10-14(4-7-19(13)26-8-2-3-9-31(26,29)30)21(28)25-18(12-27)20-23-16-6-5-15(22)11-17(16)24-20/h4-7,10-11,18,27H,2-3,8-9,12H2,1H3,(H,23,24)(H,25,28). The minimum absolute atomic E-state index is 0.140. The first kappa shape index (κ1) is 21.8. The van der Waals surface area contributed by atoms with Gasteiger partial charge in [-0.25, -0.2) is 13.4 Å². The average molecular weight is 507 g/mol. The van der Waals surface area contributed by atoms with Gasteiger partial charge in [0.15, 0.2) is 0 Å². The fraction of sp³-hybridized carbons (Fsp3) is 0.333. The van der Waals surface area contributed by atoms with E-state index in [0.29, 0.717) is 35.6 Å². The van der Waals surface area contributed by atoms with Crippen molar-refractivity contribution < 1.29 is 18.3 Å². The van der Waals surface area contributed by atoms with Crippen LogP contribution in [0.4, 0.5) is 5.69 Å². The van der Waals surface area contributed by atoms with E-state index in [1.807, 2.05) is 18.2 Å². The topological polar surface area (TPSA) is 115 Å². The Labute approximate surface area is 188 Å². The number of carbonyl (C=O) groups is 1. The largest absolute Gasteiger partial charge is 0.394 e. The van der Waals surface area contributed by atoms with Crippen LogP contribution in [-0.4, -0.2) is 48.3 Å². The number of aromatic amines is 1. The van der Waals surface area contributed by atoms with Gasteiger partial charge in [0.05, 0.1) is 29.1 Å². The number of fused-ring (bicyclic) bond motifs is 1. The highest BCUT2D eigenvalue weighted by Gasteiger charge is 2.27. The summed E-state index contributed by atoms with van der Waals surface area (Å²) in [5.41, 5.74) is 3.20. The quantitative estimate of drug-likeness (QED) is 0.491. The number of nitrogens with zero attached hydrogens (tertiary/aromatic N) is 2. The third-order valence-corrected chi connectivity index (χ3v) is 7.71. The summed E-state index contributed by atoms with van der Waals surface area (Å²) in [5, 5.41) is 12.6. The Morgan fingerprint density at radius 3 is 2.81 bits per heavy atom. The van der Waals surface area contributed by atoms with Crippen LogP contribution >= 0.6 is 15.9 Å². The normalized spacial score (nSPS) is 16.9. The number of aryl methyl sites for hydroxylation is 1. The van der Waals surface area contributed by atoms with Crippen LogP contribution in [0.1, 0.15) is 40.6 Å². The van der Waals surface area contributed by atoms with Crippen molar-refractivity contribution in [2.45, 2.75) is 25.8 Å². The van der Waals surface area contributed by atoms with Crippen molar-refractivity contribution in [3.63, 3.8) is 0 Å². The van der Waals surface area contributed by atoms with Gasteiger partial charge in [0, 0.05) is 16.6 Å². The van der Waals surface area contributed by atoms with Crippen LogP contribution in [-0.2, 0) is 10.0 Å². The number of rotatable bonds is 5. The lowest BCUT2D eigenvalue weighted by Gasteiger charge is -2.29. The van der Waals surface area contributed by atoms with Gasteiger partial charge in [0.25, 0.3) is 5.91 Å². The van der Waals surface area contributed by atoms with Crippen LogP contribution in [0.2, 0.25) is 0 Å². The van der Waals surface area contributed by atoms with Gasteiger partial charge < -0.3 is 15.4 Å². The lowest BCUT2D eigenvalue weighted by Crippen LogP contribution is -2.38. The SMILES string of the molecule is Cc1cc(C(=O)NC(CO)c2nc3ccc(Br)cc3[nH]2)ccc1N1CCCCS1(=O)=O. The maximum absolute atomic E-state index is 12.8. The summed E-state index contributed by atoms with van der Waals surface area (Å²) in [6.45, 7) is 1.91. The highest BCUT2D eigenvalue weighted by atomic mass is 79.9. The number of aromatic nitrogens is 2. The number of aliphatic hydroxyl groups excluding tert-OH is 1. The minimum Gasteiger partial charge on any atom is -0.394 e. The molecule has 1 aromatic heterocycles. The van der Waals surface area contributed by atoms with Gasteiger partial charge in [-0.15, -0.1) is 0 Å². The number of hydrogen-bond donors (Lipinski definition) is 3. The van der Waals surface area contributed by atoms with E-state index in [-0.39, 0.29) is 18.3 Å². The number of benzene rings is 2. The Morgan fingerprint density at radius 1 is 1.29 bits per heavy atom. The number of amides is 1. The molecule has 1 fully saturated rings. The molecule has 0 radical (unpaired) electrons. The molecule has 1 saturated heterocycles. The molecule has 1 aliphatic heterocycles. The molecular formula is C21H23BrN4O4S.